The second-order valence-electron chi connectivity index (χ2n) is 7.14. The Kier molecular flexibility index (Phi) is 6.71. The highest BCUT2D eigenvalue weighted by molar-refractivity contribution is 6.11. The highest BCUT2D eigenvalue weighted by Crippen LogP contribution is 2.41. The number of benzene rings is 3. The maximum atomic E-state index is 12.6. The highest BCUT2D eigenvalue weighted by atomic mass is 16.5. The van der Waals surface area contributed by atoms with E-state index in [1.807, 2.05) is 36.4 Å². The summed E-state index contributed by atoms with van der Waals surface area (Å²) in [7, 11) is 1.37. The van der Waals surface area contributed by atoms with E-state index in [-0.39, 0.29) is 5.75 Å². The van der Waals surface area contributed by atoms with Crippen LogP contribution in [-0.2, 0) is 4.74 Å². The molecule has 0 amide bonds. The molecule has 0 fully saturated rings. The minimum atomic E-state index is -0.453. The minimum Gasteiger partial charge on any atom is -0.507 e. The maximum Gasteiger partial charge on any atom is 0.338 e. The number of ether oxygens (including phenoxy) is 1. The molecular formula is C26H28O3. The summed E-state index contributed by atoms with van der Waals surface area (Å²) in [6, 6.07) is 17.4. The fraction of sp³-hybridized carbons (Fsp3) is 0.269. The molecule has 0 saturated carbocycles. The fourth-order valence-corrected chi connectivity index (χ4v) is 3.86. The van der Waals surface area contributed by atoms with Gasteiger partial charge in [-0.3, -0.25) is 0 Å². The van der Waals surface area contributed by atoms with Crippen LogP contribution in [0.2, 0.25) is 0 Å². The smallest absolute Gasteiger partial charge is 0.338 e. The lowest BCUT2D eigenvalue weighted by molar-refractivity contribution is 0.0601. The summed E-state index contributed by atoms with van der Waals surface area (Å²) in [5.41, 5.74) is 4.59. The van der Waals surface area contributed by atoms with Crippen LogP contribution in [0.1, 0.15) is 55.5 Å². The molecule has 0 bridgehead atoms. The molecule has 0 aliphatic carbocycles. The van der Waals surface area contributed by atoms with Gasteiger partial charge >= 0.3 is 5.97 Å². The first-order chi connectivity index (χ1) is 14.1. The number of carbonyl (C=O) groups excluding carboxylic acids is 1. The van der Waals surface area contributed by atoms with Gasteiger partial charge in [-0.15, -0.1) is 0 Å². The third kappa shape index (κ3) is 4.19. The summed E-state index contributed by atoms with van der Waals surface area (Å²) >= 11 is 0. The van der Waals surface area contributed by atoms with Crippen molar-refractivity contribution < 1.29 is 14.6 Å². The van der Waals surface area contributed by atoms with Crippen LogP contribution in [0, 0.1) is 0 Å². The molecule has 1 N–H and O–H groups in total. The molecule has 3 rings (SSSR count). The number of phenols is 1. The number of unbranched alkanes of at least 4 members (excludes halogenated alkanes) is 1. The zero-order valence-electron chi connectivity index (χ0n) is 17.4. The van der Waals surface area contributed by atoms with Gasteiger partial charge in [-0.05, 0) is 47.4 Å². The van der Waals surface area contributed by atoms with Crippen LogP contribution < -0.4 is 0 Å². The molecule has 0 aliphatic heterocycles. The lowest BCUT2D eigenvalue weighted by atomic mass is 9.86. The number of methoxy groups -OCH3 is 1. The lowest BCUT2D eigenvalue weighted by Gasteiger charge is -2.18. The first kappa shape index (κ1) is 20.7. The van der Waals surface area contributed by atoms with Crippen molar-refractivity contribution in [2.75, 3.05) is 7.11 Å². The van der Waals surface area contributed by atoms with Crippen molar-refractivity contribution in [1.82, 2.24) is 0 Å². The number of phenolic OH excluding ortho intramolecular Hbond substituents is 1. The Balaban J connectivity index is 2.36. The zero-order chi connectivity index (χ0) is 20.8. The van der Waals surface area contributed by atoms with Crippen LogP contribution in [0.3, 0.4) is 0 Å². The molecule has 3 aromatic carbocycles. The predicted octanol–water partition coefficient (Wildman–Crippen LogP) is 6.98. The van der Waals surface area contributed by atoms with Gasteiger partial charge in [-0.2, -0.15) is 0 Å². The molecule has 0 heterocycles. The van der Waals surface area contributed by atoms with Gasteiger partial charge in [0, 0.05) is 10.9 Å². The molecule has 0 atom stereocenters. The van der Waals surface area contributed by atoms with E-state index in [1.165, 1.54) is 18.7 Å². The molecule has 3 aromatic rings. The fourth-order valence-electron chi connectivity index (χ4n) is 3.86. The van der Waals surface area contributed by atoms with Crippen LogP contribution in [0.4, 0.5) is 0 Å². The average Bonchev–Trinajstić information content (AvgIpc) is 2.76. The first-order valence-electron chi connectivity index (χ1n) is 10.2. The van der Waals surface area contributed by atoms with Gasteiger partial charge in [0.25, 0.3) is 0 Å². The van der Waals surface area contributed by atoms with Crippen molar-refractivity contribution in [2.24, 2.45) is 0 Å². The van der Waals surface area contributed by atoms with Crippen LogP contribution in [-0.4, -0.2) is 18.2 Å². The van der Waals surface area contributed by atoms with E-state index in [4.69, 9.17) is 4.74 Å². The molecular weight excluding hydrogens is 360 g/mol. The van der Waals surface area contributed by atoms with Crippen molar-refractivity contribution in [3.63, 3.8) is 0 Å². The predicted molar refractivity (Wildman–Crippen MR) is 120 cm³/mol. The van der Waals surface area contributed by atoms with Gasteiger partial charge < -0.3 is 9.84 Å². The molecule has 0 spiro atoms. The van der Waals surface area contributed by atoms with E-state index in [1.54, 1.807) is 0 Å². The second kappa shape index (κ2) is 9.42. The summed E-state index contributed by atoms with van der Waals surface area (Å²) in [4.78, 5) is 12.6. The van der Waals surface area contributed by atoms with Gasteiger partial charge in [0.1, 0.15) is 5.75 Å². The van der Waals surface area contributed by atoms with Gasteiger partial charge in [0.05, 0.1) is 12.7 Å². The van der Waals surface area contributed by atoms with Crippen LogP contribution in [0.5, 0.6) is 5.75 Å². The third-order valence-corrected chi connectivity index (χ3v) is 5.22. The number of carbonyl (C=O) groups is 1. The summed E-state index contributed by atoms with van der Waals surface area (Å²) < 4.78 is 5.05. The molecule has 0 radical (unpaired) electrons. The maximum absolute atomic E-state index is 12.6. The highest BCUT2D eigenvalue weighted by Gasteiger charge is 2.21. The van der Waals surface area contributed by atoms with Crippen LogP contribution in [0.25, 0.3) is 27.5 Å². The first-order valence-corrected chi connectivity index (χ1v) is 10.2. The van der Waals surface area contributed by atoms with Crippen molar-refractivity contribution in [3.05, 3.63) is 71.8 Å². The monoisotopic (exact) mass is 388 g/mol. The van der Waals surface area contributed by atoms with E-state index in [9.17, 15) is 9.90 Å². The van der Waals surface area contributed by atoms with Gasteiger partial charge in [-0.1, -0.05) is 74.9 Å². The van der Waals surface area contributed by atoms with Gasteiger partial charge in [0.15, 0.2) is 0 Å². The van der Waals surface area contributed by atoms with Crippen LogP contribution >= 0.6 is 0 Å². The number of rotatable bonds is 7. The molecule has 0 aromatic heterocycles. The van der Waals surface area contributed by atoms with Crippen LogP contribution in [0.15, 0.2) is 60.7 Å². The third-order valence-electron chi connectivity index (χ3n) is 5.22. The van der Waals surface area contributed by atoms with E-state index >= 15 is 0 Å². The summed E-state index contributed by atoms with van der Waals surface area (Å²) in [5, 5.41) is 12.1. The van der Waals surface area contributed by atoms with E-state index in [2.05, 4.69) is 32.1 Å². The minimum absolute atomic E-state index is 0.0811. The molecule has 150 valence electrons. The Labute approximate surface area is 172 Å². The van der Waals surface area contributed by atoms with Gasteiger partial charge in [0.2, 0.25) is 0 Å². The summed E-state index contributed by atoms with van der Waals surface area (Å²) in [5.74, 6) is -0.372. The summed E-state index contributed by atoms with van der Waals surface area (Å²) in [6.07, 6.45) is 6.45. The lowest BCUT2D eigenvalue weighted by Crippen LogP contribution is -2.05. The van der Waals surface area contributed by atoms with Crippen molar-refractivity contribution in [3.8, 4) is 16.9 Å². The van der Waals surface area contributed by atoms with Crippen molar-refractivity contribution in [1.29, 1.82) is 0 Å². The molecule has 3 nitrogen and oxygen atoms in total. The Morgan fingerprint density at radius 3 is 2.38 bits per heavy atom. The normalized spacial score (nSPS) is 11.6. The molecule has 0 saturated heterocycles. The van der Waals surface area contributed by atoms with Gasteiger partial charge in [-0.25, -0.2) is 4.79 Å². The number of hydrogen-bond donors (Lipinski definition) is 1. The number of fused-ring (bicyclic) bond motifs is 1. The van der Waals surface area contributed by atoms with Crippen molar-refractivity contribution >= 4 is 22.3 Å². The quantitative estimate of drug-likeness (QED) is 0.444. The Morgan fingerprint density at radius 2 is 1.69 bits per heavy atom. The largest absolute Gasteiger partial charge is 0.507 e. The van der Waals surface area contributed by atoms with E-state index in [0.29, 0.717) is 5.56 Å². The SMILES string of the molecule is CC/C=C(\CCCC)c1ccccc1-c1c(C(=O)OC)cc(O)c2ccccc12. The second-order valence-corrected chi connectivity index (χ2v) is 7.14. The molecule has 3 heteroatoms. The number of aromatic hydroxyl groups is 1. The molecule has 0 aliphatic rings. The van der Waals surface area contributed by atoms with E-state index in [0.717, 1.165) is 53.1 Å². The summed E-state index contributed by atoms with van der Waals surface area (Å²) in [6.45, 7) is 4.34. The Morgan fingerprint density at radius 1 is 1.00 bits per heavy atom. The number of esters is 1. The Bertz CT molecular complexity index is 1050. The standard InChI is InChI=1S/C26H28O3/c1-4-6-12-18(11-5-2)19-13-7-9-15-21(19)25-22-16-10-8-14-20(22)24(27)17-23(25)26(28)29-3/h7-11,13-17,27H,4-6,12H2,1-3H3/b18-11+. The number of allylic oxidation sites excluding steroid dienone is 2. The number of hydrogen-bond acceptors (Lipinski definition) is 3. The van der Waals surface area contributed by atoms with E-state index < -0.39 is 5.97 Å². The Hall–Kier alpha value is -3.07. The molecule has 0 unspecified atom stereocenters. The zero-order valence-corrected chi connectivity index (χ0v) is 17.4. The molecule has 29 heavy (non-hydrogen) atoms. The average molecular weight is 389 g/mol. The van der Waals surface area contributed by atoms with Crippen molar-refractivity contribution in [2.45, 2.75) is 39.5 Å². The topological polar surface area (TPSA) is 46.5 Å².